The molecule has 0 saturated carbocycles. The number of carbonyl (C=O) groups is 2. The van der Waals surface area contributed by atoms with Gasteiger partial charge >= 0.3 is 0 Å². The van der Waals surface area contributed by atoms with E-state index in [1.165, 1.54) is 0 Å². The third-order valence-corrected chi connectivity index (χ3v) is 4.45. The van der Waals surface area contributed by atoms with Crippen LogP contribution in [0.3, 0.4) is 0 Å². The van der Waals surface area contributed by atoms with Crippen LogP contribution in [0, 0.1) is 5.92 Å². The molecule has 27 heavy (non-hydrogen) atoms. The van der Waals surface area contributed by atoms with E-state index in [9.17, 15) is 9.59 Å². The Hall–Kier alpha value is -2.38. The SMILES string of the molecule is C=C1/C=C\C=C/C(C)/C(C[C@H](NC)C(=O)NCCCCCC(=O)NO)=C\N1. The van der Waals surface area contributed by atoms with Crippen molar-refractivity contribution in [1.29, 1.82) is 0 Å². The van der Waals surface area contributed by atoms with Crippen LogP contribution in [-0.2, 0) is 9.59 Å². The van der Waals surface area contributed by atoms with E-state index in [0.717, 1.165) is 24.1 Å². The molecule has 0 aliphatic carbocycles. The number of allylic oxidation sites excluding steroid dienone is 4. The second-order valence-corrected chi connectivity index (χ2v) is 6.60. The minimum atomic E-state index is -0.382. The predicted molar refractivity (Wildman–Crippen MR) is 107 cm³/mol. The Labute approximate surface area is 161 Å². The molecule has 1 aliphatic rings. The Balaban J connectivity index is 2.46. The van der Waals surface area contributed by atoms with E-state index in [2.05, 4.69) is 35.5 Å². The highest BCUT2D eigenvalue weighted by atomic mass is 16.5. The first-order chi connectivity index (χ1) is 13.0. The lowest BCUT2D eigenvalue weighted by Crippen LogP contribution is -2.43. The molecule has 0 bridgehead atoms. The summed E-state index contributed by atoms with van der Waals surface area (Å²) in [5.74, 6) is -0.221. The molecule has 150 valence electrons. The van der Waals surface area contributed by atoms with Gasteiger partial charge < -0.3 is 16.0 Å². The molecule has 1 unspecified atom stereocenters. The zero-order valence-electron chi connectivity index (χ0n) is 16.3. The van der Waals surface area contributed by atoms with Gasteiger partial charge in [-0.05, 0) is 43.9 Å². The molecule has 1 rings (SSSR count). The summed E-state index contributed by atoms with van der Waals surface area (Å²) < 4.78 is 0. The lowest BCUT2D eigenvalue weighted by Gasteiger charge is -2.20. The topological polar surface area (TPSA) is 102 Å². The van der Waals surface area contributed by atoms with E-state index in [1.807, 2.05) is 24.4 Å². The number of likely N-dealkylation sites (N-methyl/N-ethyl adjacent to an activating group) is 1. The maximum absolute atomic E-state index is 12.5. The van der Waals surface area contributed by atoms with E-state index < -0.39 is 0 Å². The molecule has 0 radical (unpaired) electrons. The largest absolute Gasteiger partial charge is 0.362 e. The van der Waals surface area contributed by atoms with Gasteiger partial charge in [0.05, 0.1) is 6.04 Å². The van der Waals surface area contributed by atoms with E-state index in [1.54, 1.807) is 12.5 Å². The molecule has 0 spiro atoms. The van der Waals surface area contributed by atoms with Crippen molar-refractivity contribution < 1.29 is 14.8 Å². The summed E-state index contributed by atoms with van der Waals surface area (Å²) in [6.07, 6.45) is 13.0. The quantitative estimate of drug-likeness (QED) is 0.228. The third kappa shape index (κ3) is 9.21. The molecule has 7 heteroatoms. The fourth-order valence-electron chi connectivity index (χ4n) is 2.68. The number of hydroxylamine groups is 1. The maximum Gasteiger partial charge on any atom is 0.243 e. The van der Waals surface area contributed by atoms with Crippen molar-refractivity contribution in [3.8, 4) is 0 Å². The summed E-state index contributed by atoms with van der Waals surface area (Å²) in [6, 6.07) is -0.323. The van der Waals surface area contributed by atoms with Crippen molar-refractivity contribution in [2.45, 2.75) is 45.1 Å². The predicted octanol–water partition coefficient (Wildman–Crippen LogP) is 1.90. The molecule has 1 heterocycles. The Morgan fingerprint density at radius 3 is 2.78 bits per heavy atom. The average molecular weight is 377 g/mol. The summed E-state index contributed by atoms with van der Waals surface area (Å²) in [4.78, 5) is 23.4. The summed E-state index contributed by atoms with van der Waals surface area (Å²) in [5, 5.41) is 17.6. The maximum atomic E-state index is 12.5. The normalized spacial score (nSPS) is 22.1. The van der Waals surface area contributed by atoms with Crippen LogP contribution in [-0.4, -0.2) is 36.7 Å². The minimum Gasteiger partial charge on any atom is -0.362 e. The van der Waals surface area contributed by atoms with Crippen LogP contribution in [0.2, 0.25) is 0 Å². The standard InChI is InChI=1S/C20H32N4O3/c1-15-9-6-7-10-16(2)23-14-17(15)13-18(21-3)20(26)22-12-8-4-5-11-19(25)24-27/h6-7,9-10,14-15,18,21,23,27H,2,4-5,8,11-13H2,1,3H3,(H,22,26)(H,24,25)/b9-6-,10-7-,17-14-/t15?,18-/m0/s1. The van der Waals surface area contributed by atoms with Gasteiger partial charge in [0.1, 0.15) is 0 Å². The van der Waals surface area contributed by atoms with Crippen molar-refractivity contribution in [3.63, 3.8) is 0 Å². The monoisotopic (exact) mass is 376 g/mol. The van der Waals surface area contributed by atoms with Crippen LogP contribution in [0.25, 0.3) is 0 Å². The molecule has 0 aromatic rings. The smallest absolute Gasteiger partial charge is 0.243 e. The first kappa shape index (κ1) is 22.7. The molecule has 2 atom stereocenters. The van der Waals surface area contributed by atoms with Crippen LogP contribution in [0.5, 0.6) is 0 Å². The van der Waals surface area contributed by atoms with Crippen molar-refractivity contribution >= 4 is 11.8 Å². The number of hydrogen-bond donors (Lipinski definition) is 5. The number of amides is 2. The summed E-state index contributed by atoms with van der Waals surface area (Å²) in [7, 11) is 1.78. The average Bonchev–Trinajstić information content (AvgIpc) is 2.74. The van der Waals surface area contributed by atoms with Crippen LogP contribution < -0.4 is 21.4 Å². The Kier molecular flexibility index (Phi) is 10.8. The lowest BCUT2D eigenvalue weighted by atomic mass is 9.94. The number of unbranched alkanes of at least 4 members (excludes halogenated alkanes) is 2. The van der Waals surface area contributed by atoms with Gasteiger partial charge in [-0.3, -0.25) is 14.8 Å². The molecular formula is C20H32N4O3. The molecule has 0 saturated heterocycles. The number of nitrogens with one attached hydrogen (secondary N) is 4. The number of hydrogen-bond acceptors (Lipinski definition) is 5. The molecule has 5 N–H and O–H groups in total. The zero-order chi connectivity index (χ0) is 20.1. The van der Waals surface area contributed by atoms with Crippen LogP contribution >= 0.6 is 0 Å². The van der Waals surface area contributed by atoms with E-state index in [4.69, 9.17) is 5.21 Å². The van der Waals surface area contributed by atoms with Gasteiger partial charge in [-0.25, -0.2) is 5.48 Å². The number of carbonyl (C=O) groups excluding carboxylic acids is 2. The molecule has 1 aliphatic heterocycles. The zero-order valence-corrected chi connectivity index (χ0v) is 16.3. The van der Waals surface area contributed by atoms with Crippen molar-refractivity contribution in [2.24, 2.45) is 5.92 Å². The third-order valence-electron chi connectivity index (χ3n) is 4.45. The van der Waals surface area contributed by atoms with Crippen molar-refractivity contribution in [3.05, 3.63) is 48.4 Å². The summed E-state index contributed by atoms with van der Waals surface area (Å²) >= 11 is 0. The van der Waals surface area contributed by atoms with Crippen LogP contribution in [0.4, 0.5) is 0 Å². The van der Waals surface area contributed by atoms with E-state index in [0.29, 0.717) is 19.4 Å². The van der Waals surface area contributed by atoms with Crippen LogP contribution in [0.15, 0.2) is 48.4 Å². The first-order valence-corrected chi connectivity index (χ1v) is 9.35. The van der Waals surface area contributed by atoms with Gasteiger partial charge in [0.2, 0.25) is 11.8 Å². The van der Waals surface area contributed by atoms with Gasteiger partial charge in [-0.1, -0.05) is 38.2 Å². The Morgan fingerprint density at radius 1 is 1.30 bits per heavy atom. The fraction of sp³-hybridized carbons (Fsp3) is 0.500. The summed E-state index contributed by atoms with van der Waals surface area (Å²) in [6.45, 7) is 6.58. The van der Waals surface area contributed by atoms with Gasteiger partial charge in [0.25, 0.3) is 0 Å². The van der Waals surface area contributed by atoms with Crippen molar-refractivity contribution in [2.75, 3.05) is 13.6 Å². The van der Waals surface area contributed by atoms with Crippen LogP contribution in [0.1, 0.15) is 39.0 Å². The molecule has 0 aromatic heterocycles. The highest BCUT2D eigenvalue weighted by molar-refractivity contribution is 5.82. The van der Waals surface area contributed by atoms with Gasteiger partial charge in [-0.2, -0.15) is 0 Å². The van der Waals surface area contributed by atoms with Gasteiger partial charge in [0, 0.05) is 24.9 Å². The van der Waals surface area contributed by atoms with Gasteiger partial charge in [-0.15, -0.1) is 0 Å². The molecule has 0 fully saturated rings. The second kappa shape index (κ2) is 12.9. The summed E-state index contributed by atoms with van der Waals surface area (Å²) in [5.41, 5.74) is 3.52. The molecule has 2 amide bonds. The fourth-order valence-corrected chi connectivity index (χ4v) is 2.68. The second-order valence-electron chi connectivity index (χ2n) is 6.60. The minimum absolute atomic E-state index is 0.0421. The Bertz CT molecular complexity index is 596. The molecule has 7 nitrogen and oxygen atoms in total. The highest BCUT2D eigenvalue weighted by Gasteiger charge is 2.20. The molecule has 0 aromatic carbocycles. The van der Waals surface area contributed by atoms with Crippen molar-refractivity contribution in [1.82, 2.24) is 21.4 Å². The Morgan fingerprint density at radius 2 is 2.07 bits per heavy atom. The van der Waals surface area contributed by atoms with E-state index in [-0.39, 0.29) is 30.2 Å². The first-order valence-electron chi connectivity index (χ1n) is 9.35. The number of rotatable bonds is 10. The highest BCUT2D eigenvalue weighted by Crippen LogP contribution is 2.19. The lowest BCUT2D eigenvalue weighted by molar-refractivity contribution is -0.129. The van der Waals surface area contributed by atoms with E-state index >= 15 is 0 Å². The van der Waals surface area contributed by atoms with Gasteiger partial charge in [0.15, 0.2) is 0 Å². The molecular weight excluding hydrogens is 344 g/mol.